The summed E-state index contributed by atoms with van der Waals surface area (Å²) in [5.74, 6) is 0. The van der Waals surface area contributed by atoms with Crippen molar-refractivity contribution in [3.63, 3.8) is 0 Å². The molecular weight excluding hydrogens is 259 g/mol. The fraction of sp³-hybridized carbons (Fsp3) is 0.167. The lowest BCUT2D eigenvalue weighted by atomic mass is 10.1. The molecule has 0 saturated heterocycles. The summed E-state index contributed by atoms with van der Waals surface area (Å²) in [5, 5.41) is -0.00176. The number of rotatable bonds is 2. The molecule has 0 spiro atoms. The van der Waals surface area contributed by atoms with E-state index in [0.717, 1.165) is 5.56 Å². The van der Waals surface area contributed by atoms with Crippen LogP contribution in [0.25, 0.3) is 0 Å². The van der Waals surface area contributed by atoms with Crippen LogP contribution in [0.3, 0.4) is 0 Å². The Hall–Kier alpha value is -1.32. The molecule has 1 heterocycles. The maximum Gasteiger partial charge on any atom is 0.273 e. The van der Waals surface area contributed by atoms with Crippen molar-refractivity contribution in [2.75, 3.05) is 0 Å². The summed E-state index contributed by atoms with van der Waals surface area (Å²) >= 11 is 11.4. The van der Waals surface area contributed by atoms with Crippen molar-refractivity contribution in [1.29, 1.82) is 0 Å². The lowest BCUT2D eigenvalue weighted by Gasteiger charge is -2.06. The molecule has 1 aromatic heterocycles. The van der Waals surface area contributed by atoms with Crippen LogP contribution >= 0.6 is 23.2 Å². The monoisotopic (exact) mass is 268 g/mol. The summed E-state index contributed by atoms with van der Waals surface area (Å²) in [5.41, 5.74) is 1.86. The van der Waals surface area contributed by atoms with Crippen molar-refractivity contribution in [3.8, 4) is 0 Å². The fourth-order valence-corrected chi connectivity index (χ4v) is 1.73. The standard InChI is InChI=1S/C12H10Cl2N2O/c1-8-2-4-9(5-3-8)6-16-7-15-11(14)10(13)12(16)17/h2-5,7H,6H2,1H3. The predicted molar refractivity (Wildman–Crippen MR) is 68.8 cm³/mol. The Balaban J connectivity index is 2.34. The van der Waals surface area contributed by atoms with Crippen LogP contribution in [-0.4, -0.2) is 9.55 Å². The summed E-state index contributed by atoms with van der Waals surface area (Å²) < 4.78 is 1.43. The summed E-state index contributed by atoms with van der Waals surface area (Å²) in [4.78, 5) is 15.6. The van der Waals surface area contributed by atoms with Crippen LogP contribution in [-0.2, 0) is 6.54 Å². The molecule has 5 heteroatoms. The molecule has 0 unspecified atom stereocenters. The highest BCUT2D eigenvalue weighted by molar-refractivity contribution is 6.40. The number of hydrogen-bond acceptors (Lipinski definition) is 2. The van der Waals surface area contributed by atoms with Gasteiger partial charge in [-0.2, -0.15) is 0 Å². The second kappa shape index (κ2) is 4.90. The SMILES string of the molecule is Cc1ccc(Cn2cnc(Cl)c(Cl)c2=O)cc1. The van der Waals surface area contributed by atoms with E-state index in [1.54, 1.807) is 0 Å². The van der Waals surface area contributed by atoms with E-state index in [-0.39, 0.29) is 15.7 Å². The van der Waals surface area contributed by atoms with Crippen LogP contribution in [0.2, 0.25) is 10.2 Å². The second-order valence-corrected chi connectivity index (χ2v) is 4.50. The first-order valence-corrected chi connectivity index (χ1v) is 5.79. The van der Waals surface area contributed by atoms with Gasteiger partial charge in [0.15, 0.2) is 5.15 Å². The Morgan fingerprint density at radius 2 is 1.88 bits per heavy atom. The highest BCUT2D eigenvalue weighted by atomic mass is 35.5. The van der Waals surface area contributed by atoms with Crippen molar-refractivity contribution >= 4 is 23.2 Å². The zero-order valence-electron chi connectivity index (χ0n) is 9.15. The van der Waals surface area contributed by atoms with Gasteiger partial charge in [0, 0.05) is 0 Å². The summed E-state index contributed by atoms with van der Waals surface area (Å²) in [6.07, 6.45) is 1.40. The van der Waals surface area contributed by atoms with E-state index in [2.05, 4.69) is 4.98 Å². The Morgan fingerprint density at radius 1 is 1.24 bits per heavy atom. The largest absolute Gasteiger partial charge is 0.293 e. The number of aromatic nitrogens is 2. The first kappa shape index (κ1) is 12.1. The van der Waals surface area contributed by atoms with Gasteiger partial charge in [0.25, 0.3) is 5.56 Å². The molecule has 0 bridgehead atoms. The summed E-state index contributed by atoms with van der Waals surface area (Å²) in [6, 6.07) is 7.91. The van der Waals surface area contributed by atoms with Crippen LogP contribution in [0.1, 0.15) is 11.1 Å². The maximum absolute atomic E-state index is 11.8. The zero-order valence-corrected chi connectivity index (χ0v) is 10.7. The third kappa shape index (κ3) is 2.68. The lowest BCUT2D eigenvalue weighted by molar-refractivity contribution is 0.736. The van der Waals surface area contributed by atoms with Gasteiger partial charge in [-0.25, -0.2) is 4.98 Å². The van der Waals surface area contributed by atoms with Crippen molar-refractivity contribution < 1.29 is 0 Å². The third-order valence-electron chi connectivity index (χ3n) is 2.41. The van der Waals surface area contributed by atoms with Crippen molar-refractivity contribution in [2.24, 2.45) is 0 Å². The van der Waals surface area contributed by atoms with Gasteiger partial charge in [0.2, 0.25) is 0 Å². The van der Waals surface area contributed by atoms with Crippen LogP contribution in [0.15, 0.2) is 35.4 Å². The first-order valence-electron chi connectivity index (χ1n) is 5.04. The summed E-state index contributed by atoms with van der Waals surface area (Å²) in [6.45, 7) is 2.44. The first-order chi connectivity index (χ1) is 8.08. The van der Waals surface area contributed by atoms with Gasteiger partial charge in [-0.05, 0) is 12.5 Å². The Bertz CT molecular complexity index is 590. The number of halogens is 2. The van der Waals surface area contributed by atoms with Gasteiger partial charge in [-0.15, -0.1) is 0 Å². The van der Waals surface area contributed by atoms with Crippen molar-refractivity contribution in [2.45, 2.75) is 13.5 Å². The lowest BCUT2D eigenvalue weighted by Crippen LogP contribution is -2.21. The Kier molecular flexibility index (Phi) is 3.50. The second-order valence-electron chi connectivity index (χ2n) is 3.77. The molecule has 2 aromatic rings. The molecule has 0 aliphatic carbocycles. The minimum atomic E-state index is -0.327. The van der Waals surface area contributed by atoms with Crippen LogP contribution in [0.5, 0.6) is 0 Å². The molecule has 0 N–H and O–H groups in total. The number of nitrogens with zero attached hydrogens (tertiary/aromatic N) is 2. The smallest absolute Gasteiger partial charge is 0.273 e. The van der Waals surface area contributed by atoms with Crippen LogP contribution in [0, 0.1) is 6.92 Å². The molecule has 17 heavy (non-hydrogen) atoms. The fourth-order valence-electron chi connectivity index (χ4n) is 1.45. The predicted octanol–water partition coefficient (Wildman–Crippen LogP) is 2.91. The summed E-state index contributed by atoms with van der Waals surface area (Å²) in [7, 11) is 0. The maximum atomic E-state index is 11.8. The molecule has 1 aromatic carbocycles. The molecule has 0 aliphatic rings. The quantitative estimate of drug-likeness (QED) is 0.786. The topological polar surface area (TPSA) is 34.9 Å². The van der Waals surface area contributed by atoms with Crippen molar-refractivity contribution in [3.05, 3.63) is 62.2 Å². The molecule has 0 atom stereocenters. The van der Waals surface area contributed by atoms with E-state index in [1.807, 2.05) is 31.2 Å². The molecule has 0 fully saturated rings. The van der Waals surface area contributed by atoms with E-state index in [9.17, 15) is 4.79 Å². The van der Waals surface area contributed by atoms with E-state index in [1.165, 1.54) is 16.5 Å². The number of hydrogen-bond donors (Lipinski definition) is 0. The third-order valence-corrected chi connectivity index (χ3v) is 3.14. The molecule has 0 saturated carbocycles. The molecule has 0 aliphatic heterocycles. The van der Waals surface area contributed by atoms with E-state index in [4.69, 9.17) is 23.2 Å². The van der Waals surface area contributed by atoms with E-state index >= 15 is 0 Å². The Labute approximate surface area is 109 Å². The molecule has 88 valence electrons. The van der Waals surface area contributed by atoms with Gasteiger partial charge in [0.1, 0.15) is 5.02 Å². The van der Waals surface area contributed by atoms with Gasteiger partial charge in [-0.1, -0.05) is 53.0 Å². The van der Waals surface area contributed by atoms with Gasteiger partial charge in [0.05, 0.1) is 12.9 Å². The van der Waals surface area contributed by atoms with Crippen molar-refractivity contribution in [1.82, 2.24) is 9.55 Å². The minimum absolute atomic E-state index is 0.0387. The van der Waals surface area contributed by atoms with Gasteiger partial charge >= 0.3 is 0 Å². The highest BCUT2D eigenvalue weighted by Gasteiger charge is 2.07. The highest BCUT2D eigenvalue weighted by Crippen LogP contribution is 2.13. The molecule has 0 radical (unpaired) electrons. The Morgan fingerprint density at radius 3 is 2.53 bits per heavy atom. The van der Waals surface area contributed by atoms with E-state index in [0.29, 0.717) is 6.54 Å². The molecule has 0 amide bonds. The average molecular weight is 269 g/mol. The van der Waals surface area contributed by atoms with Crippen LogP contribution < -0.4 is 5.56 Å². The number of aryl methyl sites for hydroxylation is 1. The normalized spacial score (nSPS) is 10.5. The van der Waals surface area contributed by atoms with Gasteiger partial charge < -0.3 is 0 Å². The molecule has 3 nitrogen and oxygen atoms in total. The molecular formula is C12H10Cl2N2O. The molecule has 2 rings (SSSR count). The number of benzene rings is 1. The zero-order chi connectivity index (χ0) is 12.4. The van der Waals surface area contributed by atoms with E-state index < -0.39 is 0 Å². The minimum Gasteiger partial charge on any atom is -0.293 e. The van der Waals surface area contributed by atoms with Crippen LogP contribution in [0.4, 0.5) is 0 Å². The van der Waals surface area contributed by atoms with Gasteiger partial charge in [-0.3, -0.25) is 9.36 Å². The average Bonchev–Trinajstić information content (AvgIpc) is 2.33.